The summed E-state index contributed by atoms with van der Waals surface area (Å²) >= 11 is 0. The summed E-state index contributed by atoms with van der Waals surface area (Å²) < 4.78 is 62.1. The average molecular weight is 302 g/mol. The van der Waals surface area contributed by atoms with E-state index in [9.17, 15) is 21.6 Å². The van der Waals surface area contributed by atoms with E-state index in [2.05, 4.69) is 4.72 Å². The van der Waals surface area contributed by atoms with Gasteiger partial charge in [0, 0.05) is 18.5 Å². The lowest BCUT2D eigenvalue weighted by Gasteiger charge is -2.36. The fourth-order valence-electron chi connectivity index (χ4n) is 2.42. The van der Waals surface area contributed by atoms with Gasteiger partial charge in [-0.15, -0.1) is 0 Å². The van der Waals surface area contributed by atoms with Crippen molar-refractivity contribution in [3.05, 3.63) is 0 Å². The van der Waals surface area contributed by atoms with Crippen LogP contribution in [-0.2, 0) is 10.0 Å². The van der Waals surface area contributed by atoms with Gasteiger partial charge in [-0.25, -0.2) is 13.1 Å². The van der Waals surface area contributed by atoms with E-state index in [1.54, 1.807) is 0 Å². The lowest BCUT2D eigenvalue weighted by molar-refractivity contribution is -0.134. The highest BCUT2D eigenvalue weighted by Crippen LogP contribution is 2.28. The Morgan fingerprint density at radius 2 is 1.74 bits per heavy atom. The average Bonchev–Trinajstić information content (AvgIpc) is 2.27. The first-order valence-corrected chi connectivity index (χ1v) is 8.12. The van der Waals surface area contributed by atoms with Crippen LogP contribution < -0.4 is 10.5 Å². The largest absolute Gasteiger partial charge is 0.389 e. The van der Waals surface area contributed by atoms with Crippen molar-refractivity contribution >= 4 is 10.0 Å². The Bertz CT molecular complexity index is 376. The van der Waals surface area contributed by atoms with Gasteiger partial charge in [0.15, 0.2) is 0 Å². The lowest BCUT2D eigenvalue weighted by atomic mass is 9.83. The Morgan fingerprint density at radius 1 is 1.16 bits per heavy atom. The maximum atomic E-state index is 12.0. The summed E-state index contributed by atoms with van der Waals surface area (Å²) in [6, 6.07) is 0. The van der Waals surface area contributed by atoms with Crippen molar-refractivity contribution in [3.63, 3.8) is 0 Å². The highest BCUT2D eigenvalue weighted by atomic mass is 32.2. The summed E-state index contributed by atoms with van der Waals surface area (Å²) in [7, 11) is -3.70. The standard InChI is InChI=1S/C11H21F3N2O2S/c12-11(13,14)7-4-8-19(17,18)16-10(9-15)5-2-1-3-6-10/h16H,1-9,15H2. The monoisotopic (exact) mass is 302 g/mol. The minimum atomic E-state index is -4.31. The maximum absolute atomic E-state index is 12.0. The molecule has 0 amide bonds. The first kappa shape index (κ1) is 16.7. The number of rotatable bonds is 6. The molecule has 0 aliphatic heterocycles. The molecule has 0 saturated heterocycles. The fraction of sp³-hybridized carbons (Fsp3) is 1.00. The molecule has 0 unspecified atom stereocenters. The first-order chi connectivity index (χ1) is 8.68. The molecule has 0 aromatic carbocycles. The number of hydrogen-bond acceptors (Lipinski definition) is 3. The number of hydrogen-bond donors (Lipinski definition) is 2. The summed E-state index contributed by atoms with van der Waals surface area (Å²) in [5, 5.41) is 0. The van der Waals surface area contributed by atoms with Crippen LogP contribution in [0.25, 0.3) is 0 Å². The van der Waals surface area contributed by atoms with Gasteiger partial charge >= 0.3 is 6.18 Å². The van der Waals surface area contributed by atoms with E-state index >= 15 is 0 Å². The van der Waals surface area contributed by atoms with Gasteiger partial charge in [-0.3, -0.25) is 0 Å². The Labute approximate surface area is 112 Å². The number of nitrogens with two attached hydrogens (primary N) is 1. The van der Waals surface area contributed by atoms with Crippen LogP contribution in [0.4, 0.5) is 13.2 Å². The van der Waals surface area contributed by atoms with Gasteiger partial charge in [-0.2, -0.15) is 13.2 Å². The maximum Gasteiger partial charge on any atom is 0.389 e. The van der Waals surface area contributed by atoms with Crippen LogP contribution in [0, 0.1) is 0 Å². The lowest BCUT2D eigenvalue weighted by Crippen LogP contribution is -2.55. The molecule has 1 fully saturated rings. The third-order valence-electron chi connectivity index (χ3n) is 3.45. The highest BCUT2D eigenvalue weighted by Gasteiger charge is 2.35. The van der Waals surface area contributed by atoms with E-state index < -0.39 is 40.3 Å². The van der Waals surface area contributed by atoms with Crippen LogP contribution in [0.3, 0.4) is 0 Å². The molecule has 1 saturated carbocycles. The van der Waals surface area contributed by atoms with Gasteiger partial charge in [-0.1, -0.05) is 19.3 Å². The van der Waals surface area contributed by atoms with E-state index in [1.807, 2.05) is 0 Å². The smallest absolute Gasteiger partial charge is 0.329 e. The molecule has 1 rings (SSSR count). The number of sulfonamides is 1. The summed E-state index contributed by atoms with van der Waals surface area (Å²) in [6.07, 6.45) is -1.68. The van der Waals surface area contributed by atoms with Crippen LogP contribution in [0.5, 0.6) is 0 Å². The van der Waals surface area contributed by atoms with Crippen molar-refractivity contribution in [1.29, 1.82) is 0 Å². The zero-order chi connectivity index (χ0) is 14.6. The van der Waals surface area contributed by atoms with E-state index in [0.717, 1.165) is 19.3 Å². The van der Waals surface area contributed by atoms with E-state index in [-0.39, 0.29) is 6.54 Å². The second-order valence-corrected chi connectivity index (χ2v) is 7.03. The zero-order valence-corrected chi connectivity index (χ0v) is 11.6. The van der Waals surface area contributed by atoms with Gasteiger partial charge in [-0.05, 0) is 19.3 Å². The zero-order valence-electron chi connectivity index (χ0n) is 10.8. The van der Waals surface area contributed by atoms with Crippen LogP contribution in [0.15, 0.2) is 0 Å². The fourth-order valence-corrected chi connectivity index (χ4v) is 3.99. The summed E-state index contributed by atoms with van der Waals surface area (Å²) in [5.74, 6) is -0.506. The normalized spacial score (nSPS) is 20.4. The molecule has 1 aliphatic rings. The second kappa shape index (κ2) is 6.41. The van der Waals surface area contributed by atoms with E-state index in [0.29, 0.717) is 12.8 Å². The molecule has 114 valence electrons. The summed E-state index contributed by atoms with van der Waals surface area (Å²) in [6.45, 7) is 0.186. The van der Waals surface area contributed by atoms with Gasteiger partial charge in [0.25, 0.3) is 0 Å². The summed E-state index contributed by atoms with van der Waals surface area (Å²) in [4.78, 5) is 0. The predicted molar refractivity (Wildman–Crippen MR) is 67.1 cm³/mol. The van der Waals surface area contributed by atoms with Crippen LogP contribution in [0.2, 0.25) is 0 Å². The van der Waals surface area contributed by atoms with Crippen molar-refractivity contribution in [2.24, 2.45) is 5.73 Å². The van der Waals surface area contributed by atoms with Gasteiger partial charge in [0.05, 0.1) is 5.75 Å². The quantitative estimate of drug-likeness (QED) is 0.787. The SMILES string of the molecule is NCC1(NS(=O)(=O)CCCC(F)(F)F)CCCCC1. The van der Waals surface area contributed by atoms with Crippen molar-refractivity contribution in [2.45, 2.75) is 56.7 Å². The summed E-state index contributed by atoms with van der Waals surface area (Å²) in [5.41, 5.74) is 4.98. The second-order valence-electron chi connectivity index (χ2n) is 5.18. The van der Waals surface area contributed by atoms with Crippen molar-refractivity contribution < 1.29 is 21.6 Å². The molecule has 0 radical (unpaired) electrons. The Hall–Kier alpha value is -0.340. The number of nitrogens with one attached hydrogen (secondary N) is 1. The van der Waals surface area contributed by atoms with Crippen LogP contribution in [0.1, 0.15) is 44.9 Å². The molecule has 0 spiro atoms. The Balaban J connectivity index is 2.52. The number of alkyl halides is 3. The number of halogens is 3. The Kier molecular flexibility index (Phi) is 5.64. The van der Waals surface area contributed by atoms with Gasteiger partial charge in [0.1, 0.15) is 0 Å². The van der Waals surface area contributed by atoms with Crippen LogP contribution >= 0.6 is 0 Å². The molecule has 0 aromatic heterocycles. The molecule has 4 nitrogen and oxygen atoms in total. The molecular formula is C11H21F3N2O2S. The van der Waals surface area contributed by atoms with Gasteiger partial charge < -0.3 is 5.73 Å². The molecule has 0 aromatic rings. The van der Waals surface area contributed by atoms with Crippen molar-refractivity contribution in [2.75, 3.05) is 12.3 Å². The minimum absolute atomic E-state index is 0.186. The van der Waals surface area contributed by atoms with E-state index in [1.165, 1.54) is 0 Å². The topological polar surface area (TPSA) is 72.2 Å². The molecule has 8 heteroatoms. The Morgan fingerprint density at radius 3 is 2.21 bits per heavy atom. The third-order valence-corrected chi connectivity index (χ3v) is 5.02. The first-order valence-electron chi connectivity index (χ1n) is 6.47. The molecule has 0 atom stereocenters. The van der Waals surface area contributed by atoms with E-state index in [4.69, 9.17) is 5.73 Å². The molecule has 0 bridgehead atoms. The molecule has 0 heterocycles. The predicted octanol–water partition coefficient (Wildman–Crippen LogP) is 1.91. The van der Waals surface area contributed by atoms with Crippen molar-refractivity contribution in [1.82, 2.24) is 4.72 Å². The minimum Gasteiger partial charge on any atom is -0.329 e. The van der Waals surface area contributed by atoms with Crippen molar-refractivity contribution in [3.8, 4) is 0 Å². The highest BCUT2D eigenvalue weighted by molar-refractivity contribution is 7.89. The molecule has 1 aliphatic carbocycles. The van der Waals surface area contributed by atoms with Crippen LogP contribution in [-0.4, -0.2) is 32.4 Å². The molecule has 19 heavy (non-hydrogen) atoms. The third kappa shape index (κ3) is 6.09. The molecule has 3 N–H and O–H groups in total. The molecular weight excluding hydrogens is 281 g/mol. The van der Waals surface area contributed by atoms with Gasteiger partial charge in [0.2, 0.25) is 10.0 Å².